The van der Waals surface area contributed by atoms with Gasteiger partial charge in [0, 0.05) is 38.4 Å². The maximum atomic E-state index is 12.2. The number of pyridine rings is 2. The number of carbonyl (C=O) groups excluding carboxylic acids is 1. The molecule has 0 radical (unpaired) electrons. The van der Waals surface area contributed by atoms with E-state index in [1.165, 1.54) is 12.7 Å². The molecule has 10 nitrogen and oxygen atoms in total. The van der Waals surface area contributed by atoms with Crippen molar-refractivity contribution in [2.75, 3.05) is 26.8 Å². The summed E-state index contributed by atoms with van der Waals surface area (Å²) >= 11 is 6.05. The zero-order valence-corrected chi connectivity index (χ0v) is 25.0. The Balaban J connectivity index is 1.14. The van der Waals surface area contributed by atoms with Gasteiger partial charge in [-0.1, -0.05) is 29.8 Å². The van der Waals surface area contributed by atoms with E-state index < -0.39 is 11.8 Å². The second-order valence-electron chi connectivity index (χ2n) is 11.2. The van der Waals surface area contributed by atoms with E-state index in [0.717, 1.165) is 55.2 Å². The number of ether oxygens (including phenoxy) is 4. The van der Waals surface area contributed by atoms with E-state index in [1.54, 1.807) is 18.3 Å². The number of imidazole rings is 1. The molecule has 0 bridgehead atoms. The molecule has 3 atom stereocenters. The predicted molar refractivity (Wildman–Crippen MR) is 160 cm³/mol. The summed E-state index contributed by atoms with van der Waals surface area (Å²) in [5.74, 6) is 0.817. The summed E-state index contributed by atoms with van der Waals surface area (Å²) in [6, 6.07) is 13.1. The third-order valence-electron chi connectivity index (χ3n) is 8.48. The van der Waals surface area contributed by atoms with Gasteiger partial charge in [0.25, 0.3) is 5.79 Å². The standard InChI is InChI=1S/C32H32ClN5O5/c1-19(29-35-24-8-9-25(31(39)40-3)36-30(24)38(29)18-22-13-16-41-22)37-14-11-20(12-15-37)23-5-4-6-26-28(23)43-32(2,42-26)27-10-7-21(33)17-34-27/h4-11,17,19,22H,12-16,18H2,1-3H3/t19-,22-,32?/m0/s1. The Morgan fingerprint density at radius 2 is 2.05 bits per heavy atom. The van der Waals surface area contributed by atoms with Crippen LogP contribution in [0.25, 0.3) is 16.7 Å². The molecule has 3 aromatic heterocycles. The molecule has 4 aromatic rings. The number of fused-ring (bicyclic) bond motifs is 2. The van der Waals surface area contributed by atoms with Gasteiger partial charge in [-0.15, -0.1) is 0 Å². The van der Waals surface area contributed by atoms with Crippen LogP contribution in [0.2, 0.25) is 5.02 Å². The van der Waals surface area contributed by atoms with Crippen molar-refractivity contribution >= 4 is 34.3 Å². The van der Waals surface area contributed by atoms with Gasteiger partial charge >= 0.3 is 5.97 Å². The molecule has 1 aromatic carbocycles. The normalized spacial score (nSPS) is 22.2. The number of esters is 1. The molecular weight excluding hydrogens is 570 g/mol. The van der Waals surface area contributed by atoms with E-state index in [4.69, 9.17) is 35.5 Å². The van der Waals surface area contributed by atoms with Crippen LogP contribution in [-0.4, -0.2) is 63.3 Å². The van der Waals surface area contributed by atoms with Crippen LogP contribution in [0.5, 0.6) is 11.5 Å². The third-order valence-corrected chi connectivity index (χ3v) is 8.70. The van der Waals surface area contributed by atoms with Crippen molar-refractivity contribution in [3.8, 4) is 11.5 Å². The van der Waals surface area contributed by atoms with E-state index in [-0.39, 0.29) is 17.8 Å². The van der Waals surface area contributed by atoms with E-state index in [9.17, 15) is 4.79 Å². The van der Waals surface area contributed by atoms with Gasteiger partial charge in [0.05, 0.1) is 30.8 Å². The lowest BCUT2D eigenvalue weighted by atomic mass is 9.97. The third kappa shape index (κ3) is 5.03. The summed E-state index contributed by atoms with van der Waals surface area (Å²) < 4.78 is 25.5. The van der Waals surface area contributed by atoms with Crippen molar-refractivity contribution in [3.63, 3.8) is 0 Å². The van der Waals surface area contributed by atoms with Gasteiger partial charge in [-0.05, 0) is 55.7 Å². The maximum absolute atomic E-state index is 12.2. The Labute approximate surface area is 254 Å². The van der Waals surface area contributed by atoms with Gasteiger partial charge in [0.15, 0.2) is 22.8 Å². The summed E-state index contributed by atoms with van der Waals surface area (Å²) in [6.07, 6.45) is 5.78. The lowest BCUT2D eigenvalue weighted by molar-refractivity contribution is -0.0718. The first-order valence-corrected chi connectivity index (χ1v) is 14.8. The zero-order valence-electron chi connectivity index (χ0n) is 24.2. The van der Waals surface area contributed by atoms with E-state index in [0.29, 0.717) is 28.7 Å². The Kier molecular flexibility index (Phi) is 7.07. The molecule has 1 unspecified atom stereocenters. The van der Waals surface area contributed by atoms with Crippen molar-refractivity contribution < 1.29 is 23.7 Å². The minimum absolute atomic E-state index is 0.00833. The number of carbonyl (C=O) groups is 1. The molecule has 0 N–H and O–H groups in total. The number of aromatic nitrogens is 4. The quantitative estimate of drug-likeness (QED) is 0.252. The highest BCUT2D eigenvalue weighted by atomic mass is 35.5. The van der Waals surface area contributed by atoms with Gasteiger partial charge in [-0.2, -0.15) is 0 Å². The van der Waals surface area contributed by atoms with Crippen molar-refractivity contribution in [3.05, 3.63) is 82.5 Å². The Morgan fingerprint density at radius 3 is 2.74 bits per heavy atom. The fraction of sp³-hybridized carbons (Fsp3) is 0.375. The van der Waals surface area contributed by atoms with Crippen molar-refractivity contribution in [1.82, 2.24) is 24.4 Å². The van der Waals surface area contributed by atoms with Crippen LogP contribution >= 0.6 is 11.6 Å². The van der Waals surface area contributed by atoms with Gasteiger partial charge in [-0.3, -0.25) is 9.88 Å². The van der Waals surface area contributed by atoms with Crippen LogP contribution in [0.3, 0.4) is 0 Å². The molecule has 0 spiro atoms. The lowest BCUT2D eigenvalue weighted by Crippen LogP contribution is -2.35. The fourth-order valence-corrected chi connectivity index (χ4v) is 6.05. The molecule has 3 aliphatic rings. The van der Waals surface area contributed by atoms with Gasteiger partial charge < -0.3 is 23.5 Å². The average molecular weight is 602 g/mol. The number of methoxy groups -OCH3 is 1. The molecule has 11 heteroatoms. The Morgan fingerprint density at radius 1 is 1.19 bits per heavy atom. The molecule has 7 rings (SSSR count). The van der Waals surface area contributed by atoms with Crippen molar-refractivity contribution in [2.24, 2.45) is 0 Å². The highest BCUT2D eigenvalue weighted by Gasteiger charge is 2.41. The summed E-state index contributed by atoms with van der Waals surface area (Å²) in [7, 11) is 1.36. The first kappa shape index (κ1) is 27.8. The summed E-state index contributed by atoms with van der Waals surface area (Å²) in [5, 5.41) is 0.559. The molecular formula is C32H32ClN5O5. The molecule has 0 aliphatic carbocycles. The number of nitrogens with zero attached hydrogens (tertiary/aromatic N) is 5. The number of hydrogen-bond acceptors (Lipinski definition) is 9. The Bertz CT molecular complexity index is 1730. The number of halogens is 1. The van der Waals surface area contributed by atoms with Crippen molar-refractivity contribution in [2.45, 2.75) is 51.2 Å². The smallest absolute Gasteiger partial charge is 0.356 e. The first-order valence-electron chi connectivity index (χ1n) is 14.5. The number of para-hydroxylation sites is 1. The number of benzene rings is 1. The van der Waals surface area contributed by atoms with Crippen LogP contribution in [0.1, 0.15) is 60.3 Å². The Hall–Kier alpha value is -3.99. The molecule has 222 valence electrons. The van der Waals surface area contributed by atoms with Gasteiger partial charge in [0.2, 0.25) is 0 Å². The average Bonchev–Trinajstić information content (AvgIpc) is 3.55. The summed E-state index contributed by atoms with van der Waals surface area (Å²) in [5.41, 5.74) is 4.57. The van der Waals surface area contributed by atoms with Crippen LogP contribution in [0, 0.1) is 0 Å². The van der Waals surface area contributed by atoms with E-state index in [1.807, 2.05) is 31.2 Å². The molecule has 6 heterocycles. The lowest BCUT2D eigenvalue weighted by Gasteiger charge is -2.33. The summed E-state index contributed by atoms with van der Waals surface area (Å²) in [6.45, 7) is 7.00. The molecule has 0 amide bonds. The summed E-state index contributed by atoms with van der Waals surface area (Å²) in [4.78, 5) is 28.6. The minimum atomic E-state index is -1.04. The SMILES string of the molecule is COC(=O)c1ccc2nc([C@H](C)N3CC=C(c4cccc5c4OC(C)(c4ccc(Cl)cn4)O5)CC3)n(C[C@@H]3CCO3)c2n1. The fourth-order valence-electron chi connectivity index (χ4n) is 5.94. The number of rotatable bonds is 7. The van der Waals surface area contributed by atoms with E-state index >= 15 is 0 Å². The van der Waals surface area contributed by atoms with Gasteiger partial charge in [-0.25, -0.2) is 14.8 Å². The second kappa shape index (κ2) is 10.9. The zero-order chi connectivity index (χ0) is 29.7. The molecule has 43 heavy (non-hydrogen) atoms. The highest BCUT2D eigenvalue weighted by molar-refractivity contribution is 6.30. The molecule has 1 saturated heterocycles. The van der Waals surface area contributed by atoms with Crippen LogP contribution < -0.4 is 9.47 Å². The first-order chi connectivity index (χ1) is 20.8. The molecule has 1 fully saturated rings. The number of hydrogen-bond donors (Lipinski definition) is 0. The molecule has 0 saturated carbocycles. The molecule has 3 aliphatic heterocycles. The monoisotopic (exact) mass is 601 g/mol. The highest BCUT2D eigenvalue weighted by Crippen LogP contribution is 2.48. The largest absolute Gasteiger partial charge is 0.464 e. The van der Waals surface area contributed by atoms with E-state index in [2.05, 4.69) is 38.5 Å². The predicted octanol–water partition coefficient (Wildman–Crippen LogP) is 5.55. The van der Waals surface area contributed by atoms with Crippen molar-refractivity contribution in [1.29, 1.82) is 0 Å². The topological polar surface area (TPSA) is 101 Å². The van der Waals surface area contributed by atoms with Crippen LogP contribution in [0.4, 0.5) is 0 Å². The second-order valence-corrected chi connectivity index (χ2v) is 11.6. The maximum Gasteiger partial charge on any atom is 0.356 e. The van der Waals surface area contributed by atoms with Crippen LogP contribution in [0.15, 0.2) is 54.7 Å². The minimum Gasteiger partial charge on any atom is -0.464 e. The van der Waals surface area contributed by atoms with Gasteiger partial charge in [0.1, 0.15) is 17.0 Å². The van der Waals surface area contributed by atoms with Crippen LogP contribution in [-0.2, 0) is 21.8 Å².